The average Bonchev–Trinajstić information content (AvgIpc) is 2.69. The van der Waals surface area contributed by atoms with E-state index >= 15 is 0 Å². The number of rotatable bonds is 3. The van der Waals surface area contributed by atoms with Crippen LogP contribution in [0.1, 0.15) is 5.56 Å². The van der Waals surface area contributed by atoms with Gasteiger partial charge in [-0.05, 0) is 67.1 Å². The van der Waals surface area contributed by atoms with E-state index in [1.807, 2.05) is 6.92 Å². The van der Waals surface area contributed by atoms with Gasteiger partial charge in [0.25, 0.3) is 5.56 Å². The number of halogens is 4. The molecule has 0 fully saturated rings. The van der Waals surface area contributed by atoms with Crippen molar-refractivity contribution in [2.75, 3.05) is 0 Å². The minimum Gasteiger partial charge on any atom is -0.406 e. The summed E-state index contributed by atoms with van der Waals surface area (Å²) in [6.45, 7) is 1.81. The first-order chi connectivity index (χ1) is 14.2. The molecule has 0 atom stereocenters. The second kappa shape index (κ2) is 7.25. The largest absolute Gasteiger partial charge is 0.573 e. The smallest absolute Gasteiger partial charge is 0.406 e. The summed E-state index contributed by atoms with van der Waals surface area (Å²) >= 11 is 0. The van der Waals surface area contributed by atoms with Crippen molar-refractivity contribution in [1.82, 2.24) is 14.8 Å². The predicted molar refractivity (Wildman–Crippen MR) is 102 cm³/mol. The van der Waals surface area contributed by atoms with E-state index in [9.17, 15) is 22.4 Å². The highest BCUT2D eigenvalue weighted by atomic mass is 19.4. The van der Waals surface area contributed by atoms with Gasteiger partial charge in [-0.3, -0.25) is 4.79 Å². The van der Waals surface area contributed by atoms with E-state index in [2.05, 4.69) is 14.8 Å². The van der Waals surface area contributed by atoms with Gasteiger partial charge in [0.05, 0.1) is 5.69 Å². The molecule has 30 heavy (non-hydrogen) atoms. The van der Waals surface area contributed by atoms with Gasteiger partial charge in [-0.2, -0.15) is 9.78 Å². The number of benzene rings is 2. The average molecular weight is 415 g/mol. The molecule has 0 amide bonds. The second-order valence-electron chi connectivity index (χ2n) is 6.52. The summed E-state index contributed by atoms with van der Waals surface area (Å²) in [5.74, 6) is -0.849. The predicted octanol–water partition coefficient (Wildman–Crippen LogP) is 4.79. The van der Waals surface area contributed by atoms with Gasteiger partial charge in [0.2, 0.25) is 0 Å². The monoisotopic (exact) mass is 415 g/mol. The summed E-state index contributed by atoms with van der Waals surface area (Å²) in [6.07, 6.45) is -3.29. The molecule has 0 saturated carbocycles. The van der Waals surface area contributed by atoms with Crippen molar-refractivity contribution in [1.29, 1.82) is 0 Å². The number of nitrogens with zero attached hydrogens (tertiary/aromatic N) is 3. The molecule has 4 rings (SSSR count). The lowest BCUT2D eigenvalue weighted by Crippen LogP contribution is -2.23. The molecule has 0 N–H and O–H groups in total. The van der Waals surface area contributed by atoms with Gasteiger partial charge in [-0.25, -0.2) is 9.37 Å². The minimum atomic E-state index is -4.82. The van der Waals surface area contributed by atoms with Crippen molar-refractivity contribution < 1.29 is 22.3 Å². The van der Waals surface area contributed by atoms with E-state index in [1.165, 1.54) is 42.6 Å². The lowest BCUT2D eigenvalue weighted by atomic mass is 10.1. The quantitative estimate of drug-likeness (QED) is 0.452. The molecule has 0 aliphatic rings. The van der Waals surface area contributed by atoms with Gasteiger partial charge < -0.3 is 4.74 Å². The van der Waals surface area contributed by atoms with Gasteiger partial charge in [-0.1, -0.05) is 0 Å². The van der Waals surface area contributed by atoms with Gasteiger partial charge in [0.1, 0.15) is 22.8 Å². The Hall–Kier alpha value is -3.75. The molecule has 4 aromatic rings. The van der Waals surface area contributed by atoms with E-state index in [0.717, 1.165) is 22.4 Å². The second-order valence-corrected chi connectivity index (χ2v) is 6.52. The van der Waals surface area contributed by atoms with E-state index in [4.69, 9.17) is 0 Å². The van der Waals surface area contributed by atoms with E-state index in [0.29, 0.717) is 16.6 Å². The molecule has 0 spiro atoms. The summed E-state index contributed by atoms with van der Waals surface area (Å²) in [5, 5.41) is 4.88. The first-order valence-corrected chi connectivity index (χ1v) is 8.73. The summed E-state index contributed by atoms with van der Waals surface area (Å²) < 4.78 is 55.4. The van der Waals surface area contributed by atoms with Crippen molar-refractivity contribution in [2.45, 2.75) is 13.3 Å². The van der Waals surface area contributed by atoms with Crippen molar-refractivity contribution in [3.8, 4) is 22.7 Å². The van der Waals surface area contributed by atoms with Crippen LogP contribution < -0.4 is 10.3 Å². The SMILES string of the molecule is Cc1cnc2c(=O)n(-c3ccc(OC(F)(F)F)cc3)nc(-c3ccc(F)cc3)c2c1. The minimum absolute atomic E-state index is 0.130. The number of aryl methyl sites for hydroxylation is 1. The van der Waals surface area contributed by atoms with Gasteiger partial charge in [0, 0.05) is 17.1 Å². The molecular weight excluding hydrogens is 402 g/mol. The van der Waals surface area contributed by atoms with Crippen LogP contribution in [-0.4, -0.2) is 21.1 Å². The fourth-order valence-electron chi connectivity index (χ4n) is 3.00. The normalized spacial score (nSPS) is 11.6. The van der Waals surface area contributed by atoms with Crippen LogP contribution in [-0.2, 0) is 0 Å². The maximum atomic E-state index is 13.4. The Morgan fingerprint density at radius 2 is 1.67 bits per heavy atom. The Morgan fingerprint density at radius 1 is 1.00 bits per heavy atom. The lowest BCUT2D eigenvalue weighted by Gasteiger charge is -2.12. The Labute approximate surface area is 167 Å². The van der Waals surface area contributed by atoms with Crippen LogP contribution in [0.15, 0.2) is 65.6 Å². The molecule has 2 aromatic heterocycles. The van der Waals surface area contributed by atoms with Crippen molar-refractivity contribution in [3.63, 3.8) is 0 Å². The van der Waals surface area contributed by atoms with Crippen molar-refractivity contribution in [2.24, 2.45) is 0 Å². The number of ether oxygens (including phenoxy) is 1. The zero-order chi connectivity index (χ0) is 21.5. The van der Waals surface area contributed by atoms with Crippen LogP contribution in [0.3, 0.4) is 0 Å². The highest BCUT2D eigenvalue weighted by molar-refractivity contribution is 5.92. The molecule has 9 heteroatoms. The number of aromatic nitrogens is 3. The van der Waals surface area contributed by atoms with E-state index < -0.39 is 23.5 Å². The Balaban J connectivity index is 1.91. The third kappa shape index (κ3) is 3.86. The third-order valence-electron chi connectivity index (χ3n) is 4.31. The first-order valence-electron chi connectivity index (χ1n) is 8.73. The molecule has 0 unspecified atom stereocenters. The maximum absolute atomic E-state index is 13.4. The van der Waals surface area contributed by atoms with Crippen LogP contribution in [0.5, 0.6) is 5.75 Å². The van der Waals surface area contributed by atoms with Crippen LogP contribution in [0, 0.1) is 12.7 Å². The molecule has 152 valence electrons. The molecule has 0 aliphatic heterocycles. The Morgan fingerprint density at radius 3 is 2.30 bits per heavy atom. The van der Waals surface area contributed by atoms with E-state index in [-0.39, 0.29) is 11.2 Å². The first kappa shape index (κ1) is 19.6. The molecule has 0 bridgehead atoms. The number of pyridine rings is 1. The highest BCUT2D eigenvalue weighted by Crippen LogP contribution is 2.27. The van der Waals surface area contributed by atoms with Crippen molar-refractivity contribution >= 4 is 10.9 Å². The fourth-order valence-corrected chi connectivity index (χ4v) is 3.00. The highest BCUT2D eigenvalue weighted by Gasteiger charge is 2.31. The third-order valence-corrected chi connectivity index (χ3v) is 4.31. The molecule has 2 aromatic carbocycles. The van der Waals surface area contributed by atoms with Crippen LogP contribution in [0.2, 0.25) is 0 Å². The topological polar surface area (TPSA) is 57.0 Å². The maximum Gasteiger partial charge on any atom is 0.573 e. The zero-order valence-electron chi connectivity index (χ0n) is 15.4. The van der Waals surface area contributed by atoms with Gasteiger partial charge in [-0.15, -0.1) is 13.2 Å². The fraction of sp³-hybridized carbons (Fsp3) is 0.0952. The molecule has 0 radical (unpaired) electrons. The zero-order valence-corrected chi connectivity index (χ0v) is 15.4. The molecular formula is C21H13F4N3O2. The molecule has 2 heterocycles. The Kier molecular flexibility index (Phi) is 4.73. The van der Waals surface area contributed by atoms with E-state index in [1.54, 1.807) is 6.07 Å². The lowest BCUT2D eigenvalue weighted by molar-refractivity contribution is -0.274. The Bertz CT molecular complexity index is 1280. The number of alkyl halides is 3. The standard InChI is InChI=1S/C21H13F4N3O2/c1-12-10-17-18(13-2-4-14(22)5-3-13)27-28(20(29)19(17)26-11-12)15-6-8-16(9-7-15)30-21(23,24)25/h2-11H,1H3. The van der Waals surface area contributed by atoms with Gasteiger partial charge >= 0.3 is 6.36 Å². The summed E-state index contributed by atoms with van der Waals surface area (Å²) in [4.78, 5) is 17.2. The molecule has 0 aliphatic carbocycles. The van der Waals surface area contributed by atoms with Crippen LogP contribution >= 0.6 is 0 Å². The van der Waals surface area contributed by atoms with Gasteiger partial charge in [0.15, 0.2) is 0 Å². The van der Waals surface area contributed by atoms with Crippen LogP contribution in [0.25, 0.3) is 27.8 Å². The number of hydrogen-bond donors (Lipinski definition) is 0. The summed E-state index contributed by atoms with van der Waals surface area (Å²) in [5.41, 5.74) is 1.56. The molecule has 0 saturated heterocycles. The molecule has 5 nitrogen and oxygen atoms in total. The van der Waals surface area contributed by atoms with Crippen LogP contribution in [0.4, 0.5) is 17.6 Å². The number of hydrogen-bond acceptors (Lipinski definition) is 4. The summed E-state index contributed by atoms with van der Waals surface area (Å²) in [7, 11) is 0. The summed E-state index contributed by atoms with van der Waals surface area (Å²) in [6, 6.07) is 12.1. The van der Waals surface area contributed by atoms with Crippen molar-refractivity contribution in [3.05, 3.63) is 82.5 Å². The number of fused-ring (bicyclic) bond motifs is 1.